The number of carbonyl (C=O) groups is 1. The fourth-order valence-corrected chi connectivity index (χ4v) is 3.33. The number of aliphatic hydroxyl groups is 1. The van der Waals surface area contributed by atoms with Gasteiger partial charge in [-0.05, 0) is 42.7 Å². The molecule has 0 aliphatic rings. The van der Waals surface area contributed by atoms with Crippen LogP contribution in [0.15, 0.2) is 67.1 Å². The predicted octanol–water partition coefficient (Wildman–Crippen LogP) is 3.69. The second kappa shape index (κ2) is 9.40. The molecule has 4 N–H and O–H groups in total. The van der Waals surface area contributed by atoms with Crippen LogP contribution in [0.3, 0.4) is 0 Å². The summed E-state index contributed by atoms with van der Waals surface area (Å²) in [6, 6.07) is 14.4. The third-order valence-corrected chi connectivity index (χ3v) is 5.10. The quantitative estimate of drug-likeness (QED) is 0.357. The van der Waals surface area contributed by atoms with Crippen LogP contribution in [0, 0.1) is 13.8 Å². The molecule has 1 aromatic carbocycles. The molecule has 0 spiro atoms. The summed E-state index contributed by atoms with van der Waals surface area (Å²) >= 11 is 0. The number of rotatable bonds is 7. The van der Waals surface area contributed by atoms with Crippen LogP contribution >= 0.6 is 0 Å². The van der Waals surface area contributed by atoms with E-state index in [1.54, 1.807) is 24.7 Å². The van der Waals surface area contributed by atoms with Crippen LogP contribution in [0.4, 0.5) is 11.8 Å². The molecular formula is C24H24N6O2. The Hall–Kier alpha value is -4.04. The lowest BCUT2D eigenvalue weighted by Gasteiger charge is -2.16. The van der Waals surface area contributed by atoms with E-state index in [2.05, 4.69) is 30.6 Å². The molecule has 1 atom stereocenters. The van der Waals surface area contributed by atoms with E-state index < -0.39 is 6.04 Å². The highest BCUT2D eigenvalue weighted by molar-refractivity contribution is 5.94. The molecule has 3 aromatic heterocycles. The molecule has 0 saturated heterocycles. The van der Waals surface area contributed by atoms with Crippen molar-refractivity contribution in [2.45, 2.75) is 19.9 Å². The summed E-state index contributed by atoms with van der Waals surface area (Å²) in [5.74, 6) is 0.796. The van der Waals surface area contributed by atoms with E-state index in [0.717, 1.165) is 22.3 Å². The number of benzene rings is 1. The van der Waals surface area contributed by atoms with E-state index in [4.69, 9.17) is 0 Å². The first-order valence-corrected chi connectivity index (χ1v) is 10.2. The van der Waals surface area contributed by atoms with Gasteiger partial charge in [0.05, 0.1) is 18.3 Å². The average Bonchev–Trinajstić information content (AvgIpc) is 3.31. The number of aromatic amines is 1. The minimum absolute atomic E-state index is 0.198. The number of amides is 1. The highest BCUT2D eigenvalue weighted by Crippen LogP contribution is 2.24. The van der Waals surface area contributed by atoms with Crippen molar-refractivity contribution in [3.63, 3.8) is 0 Å². The molecule has 0 aliphatic heterocycles. The van der Waals surface area contributed by atoms with Crippen molar-refractivity contribution in [2.75, 3.05) is 11.9 Å². The number of aromatic nitrogens is 4. The molecule has 8 nitrogen and oxygen atoms in total. The highest BCUT2D eigenvalue weighted by atomic mass is 16.3. The molecule has 3 heterocycles. The van der Waals surface area contributed by atoms with Gasteiger partial charge in [-0.3, -0.25) is 4.79 Å². The third-order valence-electron chi connectivity index (χ3n) is 5.10. The molecule has 8 heteroatoms. The van der Waals surface area contributed by atoms with Crippen molar-refractivity contribution in [1.82, 2.24) is 25.3 Å². The van der Waals surface area contributed by atoms with Crippen LogP contribution in [0.25, 0.3) is 11.3 Å². The Labute approximate surface area is 185 Å². The normalized spacial score (nSPS) is 11.7. The Morgan fingerprint density at radius 2 is 1.91 bits per heavy atom. The summed E-state index contributed by atoms with van der Waals surface area (Å²) in [5.41, 5.74) is 4.53. The molecule has 1 amide bonds. The summed E-state index contributed by atoms with van der Waals surface area (Å²) in [4.78, 5) is 29.0. The van der Waals surface area contributed by atoms with Gasteiger partial charge in [-0.2, -0.15) is 0 Å². The van der Waals surface area contributed by atoms with Crippen LogP contribution in [0.2, 0.25) is 0 Å². The van der Waals surface area contributed by atoms with Crippen LogP contribution in [-0.2, 0) is 0 Å². The zero-order valence-electron chi connectivity index (χ0n) is 17.8. The van der Waals surface area contributed by atoms with Gasteiger partial charge in [-0.25, -0.2) is 15.0 Å². The Kier molecular flexibility index (Phi) is 6.23. The summed E-state index contributed by atoms with van der Waals surface area (Å²) < 4.78 is 0. The van der Waals surface area contributed by atoms with Gasteiger partial charge in [-0.15, -0.1) is 0 Å². The number of pyridine rings is 1. The fourth-order valence-electron chi connectivity index (χ4n) is 3.33. The zero-order valence-corrected chi connectivity index (χ0v) is 17.8. The summed E-state index contributed by atoms with van der Waals surface area (Å²) in [5, 5.41) is 15.7. The van der Waals surface area contributed by atoms with E-state index in [0.29, 0.717) is 23.2 Å². The molecule has 4 aromatic rings. The number of aliphatic hydroxyl groups excluding tert-OH is 1. The van der Waals surface area contributed by atoms with Gasteiger partial charge in [0.2, 0.25) is 5.95 Å². The second-order valence-electron chi connectivity index (χ2n) is 7.44. The summed E-state index contributed by atoms with van der Waals surface area (Å²) in [6.07, 6.45) is 5.17. The van der Waals surface area contributed by atoms with Gasteiger partial charge < -0.3 is 20.7 Å². The molecule has 4 rings (SSSR count). The van der Waals surface area contributed by atoms with E-state index in [-0.39, 0.29) is 12.5 Å². The van der Waals surface area contributed by atoms with E-state index in [1.807, 2.05) is 56.3 Å². The number of hydrogen-bond donors (Lipinski definition) is 4. The van der Waals surface area contributed by atoms with Crippen molar-refractivity contribution in [3.8, 4) is 11.3 Å². The van der Waals surface area contributed by atoms with E-state index >= 15 is 0 Å². The van der Waals surface area contributed by atoms with Crippen LogP contribution in [0.1, 0.15) is 33.2 Å². The van der Waals surface area contributed by atoms with Gasteiger partial charge in [0, 0.05) is 24.2 Å². The highest BCUT2D eigenvalue weighted by Gasteiger charge is 2.17. The average molecular weight is 428 g/mol. The van der Waals surface area contributed by atoms with Crippen LogP contribution in [-0.4, -0.2) is 37.6 Å². The molecule has 0 unspecified atom stereocenters. The van der Waals surface area contributed by atoms with Crippen LogP contribution < -0.4 is 10.6 Å². The lowest BCUT2D eigenvalue weighted by Crippen LogP contribution is -2.30. The van der Waals surface area contributed by atoms with Crippen molar-refractivity contribution in [2.24, 2.45) is 0 Å². The first kappa shape index (κ1) is 21.2. The SMILES string of the molecule is Cc1cccnc1Nc1ncc(C)c(-c2c[nH]c(C(=O)N[C@H](CO)c3ccccc3)c2)n1. The molecule has 0 aliphatic carbocycles. The first-order chi connectivity index (χ1) is 15.5. The molecule has 0 saturated carbocycles. The topological polar surface area (TPSA) is 116 Å². The Balaban J connectivity index is 1.54. The van der Waals surface area contributed by atoms with Crippen LogP contribution in [0.5, 0.6) is 0 Å². The summed E-state index contributed by atoms with van der Waals surface area (Å²) in [6.45, 7) is 3.67. The van der Waals surface area contributed by atoms with Gasteiger partial charge in [-0.1, -0.05) is 36.4 Å². The van der Waals surface area contributed by atoms with Crippen molar-refractivity contribution < 1.29 is 9.90 Å². The minimum atomic E-state index is -0.492. The van der Waals surface area contributed by atoms with Gasteiger partial charge in [0.15, 0.2) is 0 Å². The molecule has 0 bridgehead atoms. The Morgan fingerprint density at radius 3 is 2.66 bits per heavy atom. The molecular weight excluding hydrogens is 404 g/mol. The molecule has 32 heavy (non-hydrogen) atoms. The first-order valence-electron chi connectivity index (χ1n) is 10.2. The maximum atomic E-state index is 12.8. The zero-order chi connectivity index (χ0) is 22.5. The Morgan fingerprint density at radius 1 is 1.09 bits per heavy atom. The number of nitrogens with one attached hydrogen (secondary N) is 3. The monoisotopic (exact) mass is 428 g/mol. The van der Waals surface area contributed by atoms with E-state index in [9.17, 15) is 9.90 Å². The molecule has 0 radical (unpaired) electrons. The van der Waals surface area contributed by atoms with E-state index in [1.165, 1.54) is 0 Å². The number of H-pyrrole nitrogens is 1. The smallest absolute Gasteiger partial charge is 0.268 e. The third kappa shape index (κ3) is 4.65. The lowest BCUT2D eigenvalue weighted by molar-refractivity contribution is 0.0912. The predicted molar refractivity (Wildman–Crippen MR) is 123 cm³/mol. The van der Waals surface area contributed by atoms with Gasteiger partial charge in [0.25, 0.3) is 5.91 Å². The minimum Gasteiger partial charge on any atom is -0.394 e. The van der Waals surface area contributed by atoms with Crippen molar-refractivity contribution >= 4 is 17.7 Å². The Bertz CT molecular complexity index is 1220. The maximum absolute atomic E-state index is 12.8. The second-order valence-corrected chi connectivity index (χ2v) is 7.44. The van der Waals surface area contributed by atoms with Crippen molar-refractivity contribution in [1.29, 1.82) is 0 Å². The number of anilines is 2. The number of nitrogens with zero attached hydrogens (tertiary/aromatic N) is 3. The molecule has 0 fully saturated rings. The standard InChI is InChI=1S/C24H24N6O2/c1-15-7-6-10-25-22(15)30-24-27-12-16(2)21(29-24)18-11-19(26-13-18)23(32)28-20(14-31)17-8-4-3-5-9-17/h3-13,20,26,31H,14H2,1-2H3,(H,28,32)(H,25,27,29,30)/t20-/m1/s1. The van der Waals surface area contributed by atoms with Crippen molar-refractivity contribution in [3.05, 3.63) is 89.5 Å². The van der Waals surface area contributed by atoms with Gasteiger partial charge >= 0.3 is 0 Å². The number of carbonyl (C=O) groups excluding carboxylic acids is 1. The number of hydrogen-bond acceptors (Lipinski definition) is 6. The largest absolute Gasteiger partial charge is 0.394 e. The molecule has 162 valence electrons. The fraction of sp³-hybridized carbons (Fsp3) is 0.167. The lowest BCUT2D eigenvalue weighted by atomic mass is 10.1. The number of aryl methyl sites for hydroxylation is 2. The maximum Gasteiger partial charge on any atom is 0.268 e. The van der Waals surface area contributed by atoms with Gasteiger partial charge in [0.1, 0.15) is 11.5 Å². The summed E-state index contributed by atoms with van der Waals surface area (Å²) in [7, 11) is 0.